The lowest BCUT2D eigenvalue weighted by Gasteiger charge is -2.23. The molecule has 1 aromatic carbocycles. The lowest BCUT2D eigenvalue weighted by atomic mass is 10.2. The van der Waals surface area contributed by atoms with Crippen molar-refractivity contribution in [3.8, 4) is 0 Å². The molecule has 0 radical (unpaired) electrons. The number of likely N-dealkylation sites (N-methyl/N-ethyl adjacent to an activating group) is 1. The second kappa shape index (κ2) is 10.1. The highest BCUT2D eigenvalue weighted by Gasteiger charge is 2.27. The lowest BCUT2D eigenvalue weighted by Crippen LogP contribution is -3.17. The van der Waals surface area contributed by atoms with Crippen molar-refractivity contribution >= 4 is 35.1 Å². The lowest BCUT2D eigenvalue weighted by molar-refractivity contribution is -0.904. The van der Waals surface area contributed by atoms with Gasteiger partial charge in [-0.25, -0.2) is 4.79 Å². The summed E-state index contributed by atoms with van der Waals surface area (Å²) in [6.45, 7) is 5.55. The number of hydrogen-bond donors (Lipinski definition) is 5. The van der Waals surface area contributed by atoms with Crippen LogP contribution < -0.4 is 26.2 Å². The van der Waals surface area contributed by atoms with Gasteiger partial charge in [-0.05, 0) is 38.1 Å². The Balaban J connectivity index is 2.62. The van der Waals surface area contributed by atoms with E-state index in [1.807, 2.05) is 6.92 Å². The van der Waals surface area contributed by atoms with E-state index >= 15 is 0 Å². The van der Waals surface area contributed by atoms with Crippen molar-refractivity contribution in [2.24, 2.45) is 0 Å². The van der Waals surface area contributed by atoms with Gasteiger partial charge in [-0.3, -0.25) is 19.7 Å². The normalized spacial score (nSPS) is 12.5. The second-order valence-electron chi connectivity index (χ2n) is 5.79. The number of nitrogens with one attached hydrogen (secondary N) is 5. The third kappa shape index (κ3) is 6.89. The molecule has 1 unspecified atom stereocenters. The molecular weight excluding hydrogens is 338 g/mol. The number of urea groups is 1. The van der Waals surface area contributed by atoms with Crippen LogP contribution in [0.3, 0.4) is 0 Å². The van der Waals surface area contributed by atoms with Crippen molar-refractivity contribution in [3.63, 3.8) is 0 Å². The maximum Gasteiger partial charge on any atom is 0.321 e. The van der Waals surface area contributed by atoms with Gasteiger partial charge < -0.3 is 20.9 Å². The molecule has 0 aliphatic heterocycles. The maximum absolute atomic E-state index is 12.2. The highest BCUT2D eigenvalue weighted by Crippen LogP contribution is 2.13. The minimum Gasteiger partial charge on any atom is -0.341 e. The van der Waals surface area contributed by atoms with Crippen LogP contribution in [0.1, 0.15) is 20.8 Å². The topological polar surface area (TPSA) is 121 Å². The average Bonchev–Trinajstić information content (AvgIpc) is 2.60. The first-order chi connectivity index (χ1) is 12.3. The van der Waals surface area contributed by atoms with E-state index in [0.29, 0.717) is 17.9 Å². The number of hydrogen-bond acceptors (Lipinski definition) is 4. The van der Waals surface area contributed by atoms with Gasteiger partial charge in [-0.1, -0.05) is 0 Å². The van der Waals surface area contributed by atoms with Crippen LogP contribution in [0.5, 0.6) is 0 Å². The van der Waals surface area contributed by atoms with E-state index in [1.165, 1.54) is 14.0 Å². The molecule has 9 nitrogen and oxygen atoms in total. The van der Waals surface area contributed by atoms with Gasteiger partial charge in [0.25, 0.3) is 11.8 Å². The zero-order valence-corrected chi connectivity index (χ0v) is 15.4. The molecule has 0 aliphatic rings. The number of carbonyl (C=O) groups is 4. The molecule has 0 fully saturated rings. The van der Waals surface area contributed by atoms with Crippen molar-refractivity contribution < 1.29 is 24.1 Å². The minimum atomic E-state index is -0.582. The fraction of sp³-hybridized carbons (Fsp3) is 0.412. The molecule has 2 atom stereocenters. The van der Waals surface area contributed by atoms with E-state index in [1.54, 1.807) is 31.2 Å². The third-order valence-electron chi connectivity index (χ3n) is 3.80. The number of carbonyl (C=O) groups excluding carboxylic acids is 4. The molecule has 0 heterocycles. The Morgan fingerprint density at radius 2 is 1.58 bits per heavy atom. The van der Waals surface area contributed by atoms with Gasteiger partial charge in [0.15, 0.2) is 12.6 Å². The predicted molar refractivity (Wildman–Crippen MR) is 97.8 cm³/mol. The zero-order valence-electron chi connectivity index (χ0n) is 15.4. The van der Waals surface area contributed by atoms with E-state index in [0.717, 1.165) is 4.90 Å². The quantitative estimate of drug-likeness (QED) is 0.441. The van der Waals surface area contributed by atoms with Crippen LogP contribution in [0.25, 0.3) is 0 Å². The minimum absolute atomic E-state index is 0.0757. The van der Waals surface area contributed by atoms with Gasteiger partial charge in [0.05, 0.1) is 6.54 Å². The molecule has 0 aromatic heterocycles. The molecular formula is C17H26N5O4+. The Labute approximate surface area is 152 Å². The Hall–Kier alpha value is -2.94. The van der Waals surface area contributed by atoms with Crippen molar-refractivity contribution in [2.45, 2.75) is 26.8 Å². The molecule has 0 bridgehead atoms. The van der Waals surface area contributed by atoms with E-state index in [4.69, 9.17) is 0 Å². The molecule has 9 heteroatoms. The van der Waals surface area contributed by atoms with Crippen LogP contribution >= 0.6 is 0 Å². The summed E-state index contributed by atoms with van der Waals surface area (Å²) >= 11 is 0. The van der Waals surface area contributed by atoms with Gasteiger partial charge in [-0.2, -0.15) is 0 Å². The number of quaternary nitrogens is 1. The highest BCUT2D eigenvalue weighted by atomic mass is 16.2. The van der Waals surface area contributed by atoms with E-state index in [2.05, 4.69) is 21.3 Å². The average molecular weight is 364 g/mol. The maximum atomic E-state index is 12.2. The van der Waals surface area contributed by atoms with E-state index in [9.17, 15) is 19.2 Å². The van der Waals surface area contributed by atoms with Crippen molar-refractivity contribution in [2.75, 3.05) is 30.8 Å². The first-order valence-electron chi connectivity index (χ1n) is 8.31. The summed E-state index contributed by atoms with van der Waals surface area (Å²) in [4.78, 5) is 47.2. The van der Waals surface area contributed by atoms with Crippen molar-refractivity contribution in [1.29, 1.82) is 0 Å². The van der Waals surface area contributed by atoms with Crippen LogP contribution in [-0.4, -0.2) is 49.9 Å². The number of anilines is 2. The third-order valence-corrected chi connectivity index (χ3v) is 3.80. The molecule has 0 spiro atoms. The van der Waals surface area contributed by atoms with E-state index < -0.39 is 18.0 Å². The molecule has 26 heavy (non-hydrogen) atoms. The largest absolute Gasteiger partial charge is 0.341 e. The Morgan fingerprint density at radius 3 is 2.04 bits per heavy atom. The van der Waals surface area contributed by atoms with E-state index in [-0.39, 0.29) is 18.4 Å². The summed E-state index contributed by atoms with van der Waals surface area (Å²) in [6.07, 6.45) is 0. The Kier molecular flexibility index (Phi) is 8.23. The van der Waals surface area contributed by atoms with Gasteiger partial charge in [0.1, 0.15) is 0 Å². The fourth-order valence-corrected chi connectivity index (χ4v) is 2.30. The van der Waals surface area contributed by atoms with Crippen LogP contribution in [0, 0.1) is 0 Å². The SMILES string of the molecule is CC[NH+](CC(=O)Nc1ccc(NC(C)=O)cc1)[C@H](C)C(=O)NC(=O)NC. The van der Waals surface area contributed by atoms with Crippen molar-refractivity contribution in [3.05, 3.63) is 24.3 Å². The van der Waals surface area contributed by atoms with Crippen LogP contribution in [0.15, 0.2) is 24.3 Å². The highest BCUT2D eigenvalue weighted by molar-refractivity contribution is 5.96. The smallest absolute Gasteiger partial charge is 0.321 e. The van der Waals surface area contributed by atoms with Gasteiger partial charge in [0, 0.05) is 25.3 Å². The summed E-state index contributed by atoms with van der Waals surface area (Å²) < 4.78 is 0. The second-order valence-corrected chi connectivity index (χ2v) is 5.79. The first kappa shape index (κ1) is 21.1. The molecule has 1 rings (SSSR count). The fourth-order valence-electron chi connectivity index (χ4n) is 2.30. The van der Waals surface area contributed by atoms with Gasteiger partial charge in [-0.15, -0.1) is 0 Å². The number of imide groups is 1. The summed E-state index contributed by atoms with van der Waals surface area (Å²) in [6, 6.07) is 5.57. The summed E-state index contributed by atoms with van der Waals surface area (Å²) in [5.41, 5.74) is 1.22. The monoisotopic (exact) mass is 364 g/mol. The number of amides is 5. The van der Waals surface area contributed by atoms with Crippen LogP contribution in [-0.2, 0) is 14.4 Å². The molecule has 1 aromatic rings. The molecule has 0 aliphatic carbocycles. The summed E-state index contributed by atoms with van der Waals surface area (Å²) in [7, 11) is 1.42. The number of benzene rings is 1. The molecule has 5 N–H and O–H groups in total. The van der Waals surface area contributed by atoms with Gasteiger partial charge in [0.2, 0.25) is 5.91 Å². The molecule has 5 amide bonds. The predicted octanol–water partition coefficient (Wildman–Crippen LogP) is -0.668. The molecule has 0 saturated carbocycles. The zero-order chi connectivity index (χ0) is 19.7. The van der Waals surface area contributed by atoms with Crippen LogP contribution in [0.2, 0.25) is 0 Å². The summed E-state index contributed by atoms with van der Waals surface area (Å²) in [5.74, 6) is -0.879. The van der Waals surface area contributed by atoms with Gasteiger partial charge >= 0.3 is 6.03 Å². The summed E-state index contributed by atoms with van der Waals surface area (Å²) in [5, 5.41) is 9.92. The Morgan fingerprint density at radius 1 is 1.04 bits per heavy atom. The molecule has 142 valence electrons. The first-order valence-corrected chi connectivity index (χ1v) is 8.31. The van der Waals surface area contributed by atoms with Crippen LogP contribution in [0.4, 0.5) is 16.2 Å². The molecule has 0 saturated heterocycles. The number of rotatable bonds is 7. The van der Waals surface area contributed by atoms with Crippen molar-refractivity contribution in [1.82, 2.24) is 10.6 Å². The Bertz CT molecular complexity index is 660. The standard InChI is InChI=1S/C17H25N5O4/c1-5-22(11(2)16(25)21-17(26)18-4)10-15(24)20-14-8-6-13(7-9-14)19-12(3)23/h6-9,11H,5,10H2,1-4H3,(H,19,23)(H,20,24)(H2,18,21,25,26)/p+1/t11-/m1/s1.